The number of amides is 2. The average Bonchev–Trinajstić information content (AvgIpc) is 2.37. The number of rotatable bonds is 6. The number of methoxy groups -OCH3 is 1. The second-order valence-electron chi connectivity index (χ2n) is 4.79. The van der Waals surface area contributed by atoms with Crippen molar-refractivity contribution in [2.45, 2.75) is 25.9 Å². The molecule has 0 saturated heterocycles. The Morgan fingerprint density at radius 2 is 2.05 bits per heavy atom. The van der Waals surface area contributed by atoms with Crippen molar-refractivity contribution in [2.75, 3.05) is 14.2 Å². The van der Waals surface area contributed by atoms with Crippen LogP contribution in [0.4, 0.5) is 0 Å². The fourth-order valence-electron chi connectivity index (χ4n) is 1.95. The van der Waals surface area contributed by atoms with E-state index in [4.69, 9.17) is 16.2 Å². The van der Waals surface area contributed by atoms with Crippen molar-refractivity contribution < 1.29 is 14.3 Å². The first-order valence-corrected chi connectivity index (χ1v) is 6.27. The maximum absolute atomic E-state index is 12.0. The molecule has 20 heavy (non-hydrogen) atoms. The average molecular weight is 279 g/mol. The Hall–Kier alpha value is -2.08. The van der Waals surface area contributed by atoms with Crippen LogP contribution in [0.5, 0.6) is 5.75 Å². The zero-order valence-corrected chi connectivity index (χ0v) is 12.1. The topological polar surface area (TPSA) is 98.7 Å². The number of hydrogen-bond acceptors (Lipinski definition) is 4. The van der Waals surface area contributed by atoms with Crippen LogP contribution in [-0.4, -0.2) is 36.9 Å². The van der Waals surface area contributed by atoms with Gasteiger partial charge in [-0.3, -0.25) is 9.59 Å². The largest absolute Gasteiger partial charge is 0.496 e. The van der Waals surface area contributed by atoms with Gasteiger partial charge in [0.2, 0.25) is 11.8 Å². The number of nitrogens with zero attached hydrogens (tertiary/aromatic N) is 1. The van der Waals surface area contributed by atoms with Crippen molar-refractivity contribution in [2.24, 2.45) is 11.5 Å². The Labute approximate surface area is 118 Å². The quantitative estimate of drug-likeness (QED) is 0.775. The Bertz CT molecular complexity index is 502. The first kappa shape index (κ1) is 16.0. The van der Waals surface area contributed by atoms with E-state index in [0.717, 1.165) is 11.1 Å². The van der Waals surface area contributed by atoms with Crippen molar-refractivity contribution >= 4 is 11.8 Å². The lowest BCUT2D eigenvalue weighted by atomic mass is 10.1. The van der Waals surface area contributed by atoms with Gasteiger partial charge in [-0.25, -0.2) is 0 Å². The number of carbonyl (C=O) groups is 2. The van der Waals surface area contributed by atoms with E-state index in [1.807, 2.05) is 25.1 Å². The number of nitrogens with two attached hydrogens (primary N) is 2. The summed E-state index contributed by atoms with van der Waals surface area (Å²) in [6, 6.07) is 4.82. The fraction of sp³-hybridized carbons (Fsp3) is 0.429. The van der Waals surface area contributed by atoms with E-state index >= 15 is 0 Å². The minimum atomic E-state index is -0.909. The summed E-state index contributed by atoms with van der Waals surface area (Å²) in [7, 11) is 3.21. The Balaban J connectivity index is 2.79. The van der Waals surface area contributed by atoms with E-state index in [1.165, 1.54) is 4.90 Å². The molecule has 110 valence electrons. The summed E-state index contributed by atoms with van der Waals surface area (Å²) < 4.78 is 5.26. The molecule has 1 aromatic carbocycles. The Kier molecular flexibility index (Phi) is 5.52. The van der Waals surface area contributed by atoms with Gasteiger partial charge in [-0.05, 0) is 13.0 Å². The molecule has 0 radical (unpaired) electrons. The minimum absolute atomic E-state index is 0.159. The van der Waals surface area contributed by atoms with Crippen LogP contribution >= 0.6 is 0 Å². The predicted molar refractivity (Wildman–Crippen MR) is 76.0 cm³/mol. The van der Waals surface area contributed by atoms with Crippen LogP contribution in [0, 0.1) is 6.92 Å². The van der Waals surface area contributed by atoms with Gasteiger partial charge in [0.25, 0.3) is 0 Å². The lowest BCUT2D eigenvalue weighted by molar-refractivity contribution is -0.134. The predicted octanol–water partition coefficient (Wildman–Crippen LogP) is 0.165. The minimum Gasteiger partial charge on any atom is -0.496 e. The molecule has 2 amide bonds. The molecule has 0 fully saturated rings. The van der Waals surface area contributed by atoms with Crippen LogP contribution in [-0.2, 0) is 16.1 Å². The number of likely N-dealkylation sites (N-methyl/N-ethyl adjacent to an activating group) is 1. The first-order chi connectivity index (χ1) is 9.35. The van der Waals surface area contributed by atoms with Gasteiger partial charge in [0.15, 0.2) is 0 Å². The van der Waals surface area contributed by atoms with Gasteiger partial charge < -0.3 is 21.1 Å². The monoisotopic (exact) mass is 279 g/mol. The first-order valence-electron chi connectivity index (χ1n) is 6.27. The van der Waals surface area contributed by atoms with Crippen molar-refractivity contribution in [1.29, 1.82) is 0 Å². The molecule has 1 rings (SSSR count). The van der Waals surface area contributed by atoms with E-state index in [0.29, 0.717) is 12.3 Å². The molecule has 0 aliphatic rings. The van der Waals surface area contributed by atoms with Crippen molar-refractivity contribution in [1.82, 2.24) is 4.90 Å². The zero-order chi connectivity index (χ0) is 15.3. The van der Waals surface area contributed by atoms with E-state index in [1.54, 1.807) is 14.2 Å². The molecule has 1 unspecified atom stereocenters. The van der Waals surface area contributed by atoms with E-state index < -0.39 is 11.9 Å². The molecule has 0 spiro atoms. The Morgan fingerprint density at radius 3 is 2.60 bits per heavy atom. The van der Waals surface area contributed by atoms with Crippen LogP contribution in [0.1, 0.15) is 17.5 Å². The summed E-state index contributed by atoms with van der Waals surface area (Å²) >= 11 is 0. The van der Waals surface area contributed by atoms with Crippen molar-refractivity contribution in [3.8, 4) is 5.75 Å². The smallest absolute Gasteiger partial charge is 0.240 e. The molecule has 6 heteroatoms. The van der Waals surface area contributed by atoms with Gasteiger partial charge in [0, 0.05) is 19.2 Å². The number of primary amides is 1. The van der Waals surface area contributed by atoms with Gasteiger partial charge in [0.05, 0.1) is 19.6 Å². The zero-order valence-electron chi connectivity index (χ0n) is 12.1. The van der Waals surface area contributed by atoms with Crippen LogP contribution in [0.3, 0.4) is 0 Å². The van der Waals surface area contributed by atoms with Gasteiger partial charge in [-0.2, -0.15) is 0 Å². The molecule has 0 heterocycles. The number of carbonyl (C=O) groups excluding carboxylic acids is 2. The Morgan fingerprint density at radius 1 is 1.40 bits per heavy atom. The highest BCUT2D eigenvalue weighted by molar-refractivity contribution is 5.87. The molecular weight excluding hydrogens is 258 g/mol. The summed E-state index contributed by atoms with van der Waals surface area (Å²) in [6.45, 7) is 2.32. The molecule has 0 saturated carbocycles. The molecular formula is C14H21N3O3. The third-order valence-electron chi connectivity index (χ3n) is 2.96. The second-order valence-corrected chi connectivity index (χ2v) is 4.79. The highest BCUT2D eigenvalue weighted by Crippen LogP contribution is 2.21. The maximum Gasteiger partial charge on any atom is 0.240 e. The molecule has 6 nitrogen and oxygen atoms in total. The SMILES string of the molecule is COc1ccc(C)cc1CN(C)C(=O)C(N)CC(N)=O. The van der Waals surface area contributed by atoms with Crippen LogP contribution in [0.2, 0.25) is 0 Å². The number of hydrogen-bond donors (Lipinski definition) is 2. The van der Waals surface area contributed by atoms with Crippen molar-refractivity contribution in [3.63, 3.8) is 0 Å². The third-order valence-corrected chi connectivity index (χ3v) is 2.96. The second kappa shape index (κ2) is 6.91. The molecule has 1 aromatic rings. The number of ether oxygens (including phenoxy) is 1. The van der Waals surface area contributed by atoms with E-state index in [9.17, 15) is 9.59 Å². The highest BCUT2D eigenvalue weighted by atomic mass is 16.5. The van der Waals surface area contributed by atoms with E-state index in [2.05, 4.69) is 0 Å². The lowest BCUT2D eigenvalue weighted by Crippen LogP contribution is -2.43. The van der Waals surface area contributed by atoms with Crippen LogP contribution in [0.25, 0.3) is 0 Å². The van der Waals surface area contributed by atoms with Gasteiger partial charge in [-0.1, -0.05) is 17.7 Å². The molecule has 0 bridgehead atoms. The number of aryl methyl sites for hydroxylation is 1. The molecule has 4 N–H and O–H groups in total. The maximum atomic E-state index is 12.0. The standard InChI is InChI=1S/C14H21N3O3/c1-9-4-5-12(20-3)10(6-9)8-17(2)14(19)11(15)7-13(16)18/h4-6,11H,7-8,15H2,1-3H3,(H2,16,18). The fourth-order valence-corrected chi connectivity index (χ4v) is 1.95. The lowest BCUT2D eigenvalue weighted by Gasteiger charge is -2.22. The van der Waals surface area contributed by atoms with E-state index in [-0.39, 0.29) is 12.3 Å². The summed E-state index contributed by atoms with van der Waals surface area (Å²) in [5.41, 5.74) is 12.6. The molecule has 0 aliphatic carbocycles. The molecule has 0 aliphatic heterocycles. The van der Waals surface area contributed by atoms with Gasteiger partial charge >= 0.3 is 0 Å². The molecule has 1 atom stereocenters. The van der Waals surface area contributed by atoms with Gasteiger partial charge in [-0.15, -0.1) is 0 Å². The van der Waals surface area contributed by atoms with Crippen molar-refractivity contribution in [3.05, 3.63) is 29.3 Å². The molecule has 0 aromatic heterocycles. The third kappa shape index (κ3) is 4.24. The summed E-state index contributed by atoms with van der Waals surface area (Å²) in [6.07, 6.45) is -0.159. The normalized spacial score (nSPS) is 11.8. The van der Waals surface area contributed by atoms with Crippen LogP contribution in [0.15, 0.2) is 18.2 Å². The highest BCUT2D eigenvalue weighted by Gasteiger charge is 2.20. The summed E-state index contributed by atoms with van der Waals surface area (Å²) in [5.74, 6) is -0.210. The summed E-state index contributed by atoms with van der Waals surface area (Å²) in [4.78, 5) is 24.3. The summed E-state index contributed by atoms with van der Waals surface area (Å²) in [5, 5.41) is 0. The number of benzene rings is 1. The van der Waals surface area contributed by atoms with Gasteiger partial charge in [0.1, 0.15) is 5.75 Å². The van der Waals surface area contributed by atoms with Crippen LogP contribution < -0.4 is 16.2 Å².